The van der Waals surface area contributed by atoms with E-state index < -0.39 is 20.0 Å². The Morgan fingerprint density at radius 3 is 2.35 bits per heavy atom. The van der Waals surface area contributed by atoms with Gasteiger partial charge in [-0.1, -0.05) is 29.8 Å². The zero-order valence-corrected chi connectivity index (χ0v) is 20.4. The van der Waals surface area contributed by atoms with Gasteiger partial charge in [0.25, 0.3) is 10.0 Å². The molecule has 7 nitrogen and oxygen atoms in total. The van der Waals surface area contributed by atoms with E-state index >= 15 is 0 Å². The van der Waals surface area contributed by atoms with Crippen molar-refractivity contribution in [1.82, 2.24) is 8.96 Å². The van der Waals surface area contributed by atoms with Crippen LogP contribution >= 0.6 is 22.6 Å². The minimum atomic E-state index is -3.79. The molecular weight excluding hydrogens is 549 g/mol. The molecule has 10 heteroatoms. The first kappa shape index (κ1) is 21.8. The maximum atomic E-state index is 13.2. The third kappa shape index (κ3) is 4.46. The van der Waals surface area contributed by atoms with Gasteiger partial charge in [-0.25, -0.2) is 25.8 Å². The molecule has 0 aliphatic rings. The summed E-state index contributed by atoms with van der Waals surface area (Å²) in [6, 6.07) is 15.5. The fourth-order valence-electron chi connectivity index (χ4n) is 3.18. The van der Waals surface area contributed by atoms with Gasteiger partial charge in [-0.3, -0.25) is 4.72 Å². The number of hydrogen-bond acceptors (Lipinski definition) is 5. The molecule has 1 N–H and O–H groups in total. The van der Waals surface area contributed by atoms with Crippen LogP contribution in [0.2, 0.25) is 0 Å². The van der Waals surface area contributed by atoms with E-state index in [1.165, 1.54) is 3.97 Å². The first-order valence-electron chi connectivity index (χ1n) is 9.12. The Morgan fingerprint density at radius 2 is 1.68 bits per heavy atom. The van der Waals surface area contributed by atoms with Crippen LogP contribution in [0.4, 0.5) is 5.69 Å². The van der Waals surface area contributed by atoms with Gasteiger partial charge in [0.15, 0.2) is 5.65 Å². The maximum Gasteiger partial charge on any atom is 0.269 e. The number of fused-ring (bicyclic) bond motifs is 1. The Balaban J connectivity index is 1.80. The summed E-state index contributed by atoms with van der Waals surface area (Å²) >= 11 is 2.09. The molecule has 4 aromatic rings. The topological polar surface area (TPSA) is 98.1 Å². The van der Waals surface area contributed by atoms with Crippen molar-refractivity contribution in [2.24, 2.45) is 0 Å². The molecule has 0 unspecified atom stereocenters. The van der Waals surface area contributed by atoms with Gasteiger partial charge in [0.2, 0.25) is 10.0 Å². The van der Waals surface area contributed by atoms with E-state index in [4.69, 9.17) is 0 Å². The highest BCUT2D eigenvalue weighted by atomic mass is 127. The van der Waals surface area contributed by atoms with Gasteiger partial charge in [-0.15, -0.1) is 0 Å². The average molecular weight is 567 g/mol. The minimum Gasteiger partial charge on any atom is -0.284 e. The van der Waals surface area contributed by atoms with Crippen LogP contribution in [0.25, 0.3) is 22.2 Å². The Morgan fingerprint density at radius 1 is 0.968 bits per heavy atom. The van der Waals surface area contributed by atoms with E-state index in [1.807, 2.05) is 19.1 Å². The van der Waals surface area contributed by atoms with Gasteiger partial charge in [0, 0.05) is 32.6 Å². The highest BCUT2D eigenvalue weighted by Gasteiger charge is 2.22. The second-order valence-corrected chi connectivity index (χ2v) is 11.9. The van der Waals surface area contributed by atoms with Crippen molar-refractivity contribution < 1.29 is 16.8 Å². The van der Waals surface area contributed by atoms with Crippen molar-refractivity contribution in [3.8, 4) is 11.1 Å². The maximum absolute atomic E-state index is 13.2. The van der Waals surface area contributed by atoms with E-state index in [1.54, 1.807) is 54.9 Å². The van der Waals surface area contributed by atoms with Crippen LogP contribution in [0.5, 0.6) is 0 Å². The Labute approximate surface area is 194 Å². The molecule has 0 atom stereocenters. The average Bonchev–Trinajstić information content (AvgIpc) is 3.04. The predicted molar refractivity (Wildman–Crippen MR) is 130 cm³/mol. The van der Waals surface area contributed by atoms with Gasteiger partial charge in [-0.2, -0.15) is 0 Å². The molecule has 0 bridgehead atoms. The first-order valence-corrected chi connectivity index (χ1v) is 13.5. The number of pyridine rings is 1. The molecule has 2 aromatic heterocycles. The van der Waals surface area contributed by atoms with Crippen molar-refractivity contribution >= 4 is 59.4 Å². The molecule has 0 fully saturated rings. The van der Waals surface area contributed by atoms with Crippen LogP contribution in [-0.2, 0) is 20.0 Å². The molecule has 160 valence electrons. The van der Waals surface area contributed by atoms with Crippen LogP contribution in [0.15, 0.2) is 71.9 Å². The largest absolute Gasteiger partial charge is 0.284 e. The fraction of sp³-hybridized carbons (Fsp3) is 0.0952. The molecule has 0 spiro atoms. The summed E-state index contributed by atoms with van der Waals surface area (Å²) in [5.41, 5.74) is 3.25. The summed E-state index contributed by atoms with van der Waals surface area (Å²) < 4.78 is 53.7. The zero-order chi connectivity index (χ0) is 22.4. The lowest BCUT2D eigenvalue weighted by Crippen LogP contribution is -2.12. The number of halogens is 1. The smallest absolute Gasteiger partial charge is 0.269 e. The van der Waals surface area contributed by atoms with Gasteiger partial charge in [0.1, 0.15) is 0 Å². The molecule has 2 heterocycles. The molecule has 31 heavy (non-hydrogen) atoms. The molecule has 0 amide bonds. The Hall–Kier alpha value is -2.44. The highest BCUT2D eigenvalue weighted by Crippen LogP contribution is 2.30. The van der Waals surface area contributed by atoms with Crippen molar-refractivity contribution in [2.45, 2.75) is 11.8 Å². The second-order valence-electron chi connectivity index (χ2n) is 7.14. The second kappa shape index (κ2) is 7.92. The quantitative estimate of drug-likeness (QED) is 0.364. The molecule has 0 aliphatic heterocycles. The number of aromatic nitrogens is 2. The van der Waals surface area contributed by atoms with Crippen LogP contribution < -0.4 is 4.72 Å². The summed E-state index contributed by atoms with van der Waals surface area (Å²) in [5.74, 6) is 0. The standard InChI is InChI=1S/C21H18IN3O4S2/c1-14-6-8-18(9-7-14)31(28,29)25-13-20(22)19-11-16(12-23-21(19)25)15-4-3-5-17(10-15)24-30(2,26)27/h3-13,24H,1-2H3. The third-order valence-corrected chi connectivity index (χ3v) is 7.77. The first-order chi connectivity index (χ1) is 14.5. The summed E-state index contributed by atoms with van der Waals surface area (Å²) in [7, 11) is -7.19. The van der Waals surface area contributed by atoms with E-state index in [-0.39, 0.29) is 4.90 Å². The monoisotopic (exact) mass is 567 g/mol. The van der Waals surface area contributed by atoms with E-state index in [0.717, 1.165) is 26.5 Å². The summed E-state index contributed by atoms with van der Waals surface area (Å²) in [5, 5.41) is 0.690. The number of benzene rings is 2. The van der Waals surface area contributed by atoms with Crippen molar-refractivity contribution in [3.05, 3.63) is 76.1 Å². The predicted octanol–water partition coefficient (Wildman–Crippen LogP) is 4.22. The number of sulfonamides is 1. The number of anilines is 1. The van der Waals surface area contributed by atoms with Crippen LogP contribution in [0.1, 0.15) is 5.56 Å². The molecule has 0 saturated heterocycles. The number of nitrogens with zero attached hydrogens (tertiary/aromatic N) is 2. The SMILES string of the molecule is Cc1ccc(S(=O)(=O)n2cc(I)c3cc(-c4cccc(NS(C)(=O)=O)c4)cnc32)cc1. The van der Waals surface area contributed by atoms with Crippen LogP contribution in [-0.4, -0.2) is 32.0 Å². The van der Waals surface area contributed by atoms with Crippen molar-refractivity contribution in [1.29, 1.82) is 0 Å². The molecule has 0 radical (unpaired) electrons. The summed E-state index contributed by atoms with van der Waals surface area (Å²) in [4.78, 5) is 4.62. The van der Waals surface area contributed by atoms with E-state index in [2.05, 4.69) is 32.3 Å². The van der Waals surface area contributed by atoms with Crippen molar-refractivity contribution in [2.75, 3.05) is 11.0 Å². The lowest BCUT2D eigenvalue weighted by atomic mass is 10.1. The van der Waals surface area contributed by atoms with Gasteiger partial charge < -0.3 is 0 Å². The van der Waals surface area contributed by atoms with Gasteiger partial charge >= 0.3 is 0 Å². The summed E-state index contributed by atoms with van der Waals surface area (Å²) in [6.45, 7) is 1.90. The Bertz CT molecular complexity index is 1510. The van der Waals surface area contributed by atoms with Crippen LogP contribution in [0.3, 0.4) is 0 Å². The molecular formula is C21H18IN3O4S2. The minimum absolute atomic E-state index is 0.192. The zero-order valence-electron chi connectivity index (χ0n) is 16.6. The fourth-order valence-corrected chi connectivity index (χ4v) is 5.93. The number of rotatable bonds is 5. The molecule has 0 saturated carbocycles. The lowest BCUT2D eigenvalue weighted by molar-refractivity contribution is 0.588. The number of nitrogens with one attached hydrogen (secondary N) is 1. The Kier molecular flexibility index (Phi) is 5.56. The molecule has 0 aliphatic carbocycles. The van der Waals surface area contributed by atoms with E-state index in [9.17, 15) is 16.8 Å². The molecule has 2 aromatic carbocycles. The normalized spacial score (nSPS) is 12.2. The van der Waals surface area contributed by atoms with Gasteiger partial charge in [-0.05, 0) is 65.4 Å². The lowest BCUT2D eigenvalue weighted by Gasteiger charge is -2.09. The van der Waals surface area contributed by atoms with Gasteiger partial charge in [0.05, 0.1) is 11.2 Å². The number of hydrogen-bond donors (Lipinski definition) is 1. The third-order valence-electron chi connectivity index (χ3n) is 4.64. The van der Waals surface area contributed by atoms with Crippen LogP contribution in [0, 0.1) is 10.5 Å². The number of aryl methyl sites for hydroxylation is 1. The van der Waals surface area contributed by atoms with Crippen molar-refractivity contribution in [3.63, 3.8) is 0 Å². The highest BCUT2D eigenvalue weighted by molar-refractivity contribution is 14.1. The molecule has 4 rings (SSSR count). The van der Waals surface area contributed by atoms with E-state index in [0.29, 0.717) is 16.7 Å². The summed E-state index contributed by atoms with van der Waals surface area (Å²) in [6.07, 6.45) is 4.23.